The number of nitrogens with one attached hydrogen (secondary N) is 1. The highest BCUT2D eigenvalue weighted by molar-refractivity contribution is 6.09. The quantitative estimate of drug-likeness (QED) is 0.418. The average Bonchev–Trinajstić information content (AvgIpc) is 3.22. The molecular formula is C24H24N2O7. The van der Waals surface area contributed by atoms with E-state index < -0.39 is 23.9 Å². The third-order valence-corrected chi connectivity index (χ3v) is 5.04. The molecule has 0 saturated heterocycles. The smallest absolute Gasteiger partial charge is 0.308 e. The second kappa shape index (κ2) is 9.99. The highest BCUT2D eigenvalue weighted by Gasteiger charge is 2.49. The van der Waals surface area contributed by atoms with Gasteiger partial charge in [-0.2, -0.15) is 0 Å². The fraction of sp³-hybridized carbons (Fsp3) is 0.250. The molecule has 9 heteroatoms. The van der Waals surface area contributed by atoms with E-state index in [4.69, 9.17) is 14.3 Å². The number of ketones is 1. The highest BCUT2D eigenvalue weighted by atomic mass is 16.7. The van der Waals surface area contributed by atoms with Crippen molar-refractivity contribution in [2.24, 2.45) is 5.16 Å². The number of carboxylic acid groups (broad SMARTS) is 1. The molecule has 2 aromatic rings. The van der Waals surface area contributed by atoms with E-state index in [2.05, 4.69) is 17.1 Å². The van der Waals surface area contributed by atoms with E-state index in [9.17, 15) is 19.5 Å². The van der Waals surface area contributed by atoms with Gasteiger partial charge in [0.25, 0.3) is 5.91 Å². The Morgan fingerprint density at radius 3 is 2.55 bits per heavy atom. The SMILES string of the molecule is C=CCOc1ccc(C2=NOC(CC(=O)O)(C(=O)Nc3ccc(C(C)=O)cc3)C2)cc1OC. The number of benzene rings is 2. The summed E-state index contributed by atoms with van der Waals surface area (Å²) in [5.74, 6) is -1.02. The van der Waals surface area contributed by atoms with Crippen molar-refractivity contribution in [3.63, 3.8) is 0 Å². The zero-order valence-corrected chi connectivity index (χ0v) is 18.3. The first-order valence-corrected chi connectivity index (χ1v) is 10.1. The number of aliphatic carboxylic acids is 1. The van der Waals surface area contributed by atoms with E-state index in [1.165, 1.54) is 14.0 Å². The number of rotatable bonds is 10. The zero-order valence-electron chi connectivity index (χ0n) is 18.3. The molecule has 1 aliphatic heterocycles. The summed E-state index contributed by atoms with van der Waals surface area (Å²) < 4.78 is 10.9. The fourth-order valence-corrected chi connectivity index (χ4v) is 3.32. The summed E-state index contributed by atoms with van der Waals surface area (Å²) in [5, 5.41) is 16.1. The van der Waals surface area contributed by atoms with Crippen molar-refractivity contribution in [1.82, 2.24) is 0 Å². The third-order valence-electron chi connectivity index (χ3n) is 5.04. The van der Waals surface area contributed by atoms with Gasteiger partial charge >= 0.3 is 5.97 Å². The molecule has 9 nitrogen and oxygen atoms in total. The number of hydrogen-bond acceptors (Lipinski definition) is 7. The van der Waals surface area contributed by atoms with E-state index in [0.717, 1.165) is 0 Å². The van der Waals surface area contributed by atoms with E-state index in [1.54, 1.807) is 48.5 Å². The summed E-state index contributed by atoms with van der Waals surface area (Å²) in [5.41, 5.74) is 0.157. The van der Waals surface area contributed by atoms with Crippen LogP contribution in [0.25, 0.3) is 0 Å². The number of ether oxygens (including phenoxy) is 2. The van der Waals surface area contributed by atoms with Crippen LogP contribution in [0, 0.1) is 0 Å². The molecule has 3 rings (SSSR count). The number of carbonyl (C=O) groups excluding carboxylic acids is 2. The maximum Gasteiger partial charge on any atom is 0.308 e. The van der Waals surface area contributed by atoms with E-state index in [1.807, 2.05) is 0 Å². The van der Waals surface area contributed by atoms with Crippen LogP contribution >= 0.6 is 0 Å². The molecule has 1 heterocycles. The molecule has 2 aromatic carbocycles. The van der Waals surface area contributed by atoms with E-state index in [-0.39, 0.29) is 12.2 Å². The van der Waals surface area contributed by atoms with Gasteiger partial charge in [0.2, 0.25) is 5.60 Å². The molecule has 172 valence electrons. The number of nitrogens with zero attached hydrogens (tertiary/aromatic N) is 1. The summed E-state index contributed by atoms with van der Waals surface area (Å²) in [7, 11) is 1.49. The number of carbonyl (C=O) groups is 3. The van der Waals surface area contributed by atoms with Gasteiger partial charge in [-0.05, 0) is 49.4 Å². The summed E-state index contributed by atoms with van der Waals surface area (Å²) in [4.78, 5) is 41.5. The van der Waals surface area contributed by atoms with Gasteiger partial charge in [0.15, 0.2) is 17.3 Å². The van der Waals surface area contributed by atoms with Crippen molar-refractivity contribution in [2.45, 2.75) is 25.4 Å². The highest BCUT2D eigenvalue weighted by Crippen LogP contribution is 2.35. The molecule has 0 spiro atoms. The van der Waals surface area contributed by atoms with Gasteiger partial charge in [-0.15, -0.1) is 0 Å². The van der Waals surface area contributed by atoms with Gasteiger partial charge < -0.3 is 24.7 Å². The van der Waals surface area contributed by atoms with Crippen LogP contribution in [0.1, 0.15) is 35.7 Å². The topological polar surface area (TPSA) is 124 Å². The molecule has 1 atom stereocenters. The molecule has 1 amide bonds. The molecular weight excluding hydrogens is 428 g/mol. The normalized spacial score (nSPS) is 16.8. The molecule has 33 heavy (non-hydrogen) atoms. The largest absolute Gasteiger partial charge is 0.493 e. The lowest BCUT2D eigenvalue weighted by molar-refractivity contribution is -0.152. The lowest BCUT2D eigenvalue weighted by atomic mass is 9.90. The number of hydrogen-bond donors (Lipinski definition) is 2. The Morgan fingerprint density at radius 1 is 1.21 bits per heavy atom. The van der Waals surface area contributed by atoms with Crippen LogP contribution in [-0.4, -0.2) is 47.8 Å². The molecule has 0 bridgehead atoms. The van der Waals surface area contributed by atoms with Crippen molar-refractivity contribution >= 4 is 29.1 Å². The molecule has 0 aliphatic carbocycles. The zero-order chi connectivity index (χ0) is 24.0. The minimum absolute atomic E-state index is 0.0628. The lowest BCUT2D eigenvalue weighted by Gasteiger charge is -2.23. The van der Waals surface area contributed by atoms with Gasteiger partial charge in [-0.1, -0.05) is 17.8 Å². The molecule has 1 unspecified atom stereocenters. The Hall–Kier alpha value is -4.14. The number of carboxylic acids is 1. The molecule has 0 saturated carbocycles. The molecule has 0 radical (unpaired) electrons. The second-order valence-corrected chi connectivity index (χ2v) is 7.42. The van der Waals surface area contributed by atoms with Crippen LogP contribution in [0.3, 0.4) is 0 Å². The Kier molecular flexibility index (Phi) is 7.12. The third kappa shape index (κ3) is 5.38. The van der Waals surface area contributed by atoms with Crippen LogP contribution in [0.15, 0.2) is 60.3 Å². The summed E-state index contributed by atoms with van der Waals surface area (Å²) in [6.45, 7) is 5.35. The van der Waals surface area contributed by atoms with E-state index in [0.29, 0.717) is 40.6 Å². The van der Waals surface area contributed by atoms with Crippen LogP contribution in [0.5, 0.6) is 11.5 Å². The number of amides is 1. The standard InChI is InChI=1S/C24H24N2O7/c1-4-11-32-20-10-7-17(12-21(20)31-3)19-13-24(33-26-19,14-22(28)29)23(30)25-18-8-5-16(6-9-18)15(2)27/h4-10,12H,1,11,13-14H2,2-3H3,(H,25,30)(H,28,29). The fourth-order valence-electron chi connectivity index (χ4n) is 3.32. The van der Waals surface area contributed by atoms with Gasteiger partial charge in [0.05, 0.1) is 19.2 Å². The van der Waals surface area contributed by atoms with Crippen molar-refractivity contribution in [2.75, 3.05) is 19.0 Å². The Balaban J connectivity index is 1.81. The van der Waals surface area contributed by atoms with Crippen molar-refractivity contribution < 1.29 is 33.8 Å². The maximum atomic E-state index is 13.1. The maximum absolute atomic E-state index is 13.1. The Labute approximate surface area is 190 Å². The molecule has 1 aliphatic rings. The minimum Gasteiger partial charge on any atom is -0.493 e. The van der Waals surface area contributed by atoms with Crippen molar-refractivity contribution in [3.8, 4) is 11.5 Å². The van der Waals surface area contributed by atoms with Crippen LogP contribution in [0.4, 0.5) is 5.69 Å². The number of Topliss-reactive ketones (excluding diaryl/α,β-unsaturated/α-hetero) is 1. The molecule has 0 fully saturated rings. The van der Waals surface area contributed by atoms with Gasteiger partial charge in [-0.25, -0.2) is 0 Å². The summed E-state index contributed by atoms with van der Waals surface area (Å²) in [6, 6.07) is 11.4. The van der Waals surface area contributed by atoms with Crippen molar-refractivity contribution in [1.29, 1.82) is 0 Å². The lowest BCUT2D eigenvalue weighted by Crippen LogP contribution is -2.45. The summed E-state index contributed by atoms with van der Waals surface area (Å²) in [6.07, 6.45) is 0.955. The first-order chi connectivity index (χ1) is 15.8. The monoisotopic (exact) mass is 452 g/mol. The molecule has 2 N–H and O–H groups in total. The number of anilines is 1. The van der Waals surface area contributed by atoms with Crippen LogP contribution in [-0.2, 0) is 14.4 Å². The first-order valence-electron chi connectivity index (χ1n) is 10.1. The van der Waals surface area contributed by atoms with E-state index >= 15 is 0 Å². The predicted octanol–water partition coefficient (Wildman–Crippen LogP) is 3.44. The minimum atomic E-state index is -1.73. The van der Waals surface area contributed by atoms with Crippen molar-refractivity contribution in [3.05, 3.63) is 66.2 Å². The van der Waals surface area contributed by atoms with Crippen LogP contribution < -0.4 is 14.8 Å². The number of methoxy groups -OCH3 is 1. The van der Waals surface area contributed by atoms with Gasteiger partial charge in [0, 0.05) is 23.2 Å². The predicted molar refractivity (Wildman–Crippen MR) is 121 cm³/mol. The van der Waals surface area contributed by atoms with Crippen LogP contribution in [0.2, 0.25) is 0 Å². The first kappa shape index (κ1) is 23.5. The Morgan fingerprint density at radius 2 is 1.94 bits per heavy atom. The van der Waals surface area contributed by atoms with Gasteiger partial charge in [-0.3, -0.25) is 14.4 Å². The molecule has 0 aromatic heterocycles. The second-order valence-electron chi connectivity index (χ2n) is 7.42. The summed E-state index contributed by atoms with van der Waals surface area (Å²) >= 11 is 0. The number of oxime groups is 1. The van der Waals surface area contributed by atoms with Gasteiger partial charge in [0.1, 0.15) is 6.61 Å². The Bertz CT molecular complexity index is 1110. The average molecular weight is 452 g/mol.